The van der Waals surface area contributed by atoms with Crippen LogP contribution >= 0.6 is 0 Å². The molecule has 1 aromatic heterocycles. The van der Waals surface area contributed by atoms with Crippen molar-refractivity contribution in [3.8, 4) is 0 Å². The van der Waals surface area contributed by atoms with Gasteiger partial charge in [0.2, 0.25) is 11.9 Å². The van der Waals surface area contributed by atoms with Crippen LogP contribution in [0.15, 0.2) is 12.2 Å². The largest absolute Gasteiger partial charge is 0.368 e. The van der Waals surface area contributed by atoms with E-state index >= 15 is 0 Å². The summed E-state index contributed by atoms with van der Waals surface area (Å²) in [6.07, 6.45) is 4.61. The van der Waals surface area contributed by atoms with Gasteiger partial charge in [0.15, 0.2) is 0 Å². The van der Waals surface area contributed by atoms with Crippen LogP contribution in [0.3, 0.4) is 0 Å². The number of hydrogen-bond acceptors (Lipinski definition) is 5. The molecule has 14 heavy (non-hydrogen) atoms. The number of nitrogens with zero attached hydrogens (tertiary/aromatic N) is 3. The summed E-state index contributed by atoms with van der Waals surface area (Å²) in [6, 6.07) is 0. The highest BCUT2D eigenvalue weighted by Gasteiger charge is 2.01. The highest BCUT2D eigenvalue weighted by atomic mass is 15.2. The lowest BCUT2D eigenvalue weighted by molar-refractivity contribution is 0.935. The molecule has 1 aromatic rings. The van der Waals surface area contributed by atoms with Crippen LogP contribution < -0.4 is 11.1 Å². The fourth-order valence-corrected chi connectivity index (χ4v) is 0.990. The molecular formula is C9H15N5. The zero-order valence-electron chi connectivity index (χ0n) is 8.49. The molecule has 0 aromatic carbocycles. The molecule has 1 heterocycles. The van der Waals surface area contributed by atoms with E-state index in [0.717, 1.165) is 6.54 Å². The molecule has 0 unspecified atom stereocenters. The first-order chi connectivity index (χ1) is 6.76. The van der Waals surface area contributed by atoms with Crippen molar-refractivity contribution in [3.63, 3.8) is 0 Å². The lowest BCUT2D eigenvalue weighted by Crippen LogP contribution is -2.08. The molecule has 0 saturated heterocycles. The van der Waals surface area contributed by atoms with Gasteiger partial charge in [-0.3, -0.25) is 0 Å². The van der Waals surface area contributed by atoms with Crippen molar-refractivity contribution >= 4 is 11.9 Å². The zero-order valence-corrected chi connectivity index (χ0v) is 8.49. The summed E-state index contributed by atoms with van der Waals surface area (Å²) in [5.41, 5.74) is 5.54. The summed E-state index contributed by atoms with van der Waals surface area (Å²) in [5.74, 6) is 1.49. The molecule has 0 spiro atoms. The van der Waals surface area contributed by atoms with E-state index in [0.29, 0.717) is 18.2 Å². The van der Waals surface area contributed by atoms with Gasteiger partial charge >= 0.3 is 0 Å². The monoisotopic (exact) mass is 193 g/mol. The second-order valence-electron chi connectivity index (χ2n) is 2.74. The minimum Gasteiger partial charge on any atom is -0.368 e. The fraction of sp³-hybridized carbons (Fsp3) is 0.444. The summed E-state index contributed by atoms with van der Waals surface area (Å²) in [4.78, 5) is 12.2. The van der Waals surface area contributed by atoms with Crippen LogP contribution in [0.1, 0.15) is 19.7 Å². The van der Waals surface area contributed by atoms with Crippen LogP contribution in [0.4, 0.5) is 11.9 Å². The van der Waals surface area contributed by atoms with Crippen LogP contribution in [-0.2, 0) is 6.42 Å². The van der Waals surface area contributed by atoms with Gasteiger partial charge in [0, 0.05) is 13.0 Å². The van der Waals surface area contributed by atoms with Gasteiger partial charge in [0.1, 0.15) is 5.82 Å². The van der Waals surface area contributed by atoms with Gasteiger partial charge in [-0.15, -0.1) is 0 Å². The Morgan fingerprint density at radius 2 is 2.14 bits per heavy atom. The summed E-state index contributed by atoms with van der Waals surface area (Å²) in [5, 5.41) is 3.00. The van der Waals surface area contributed by atoms with E-state index in [1.165, 1.54) is 0 Å². The van der Waals surface area contributed by atoms with E-state index in [1.807, 2.05) is 26.0 Å². The van der Waals surface area contributed by atoms with Crippen LogP contribution in [-0.4, -0.2) is 21.5 Å². The third-order valence-corrected chi connectivity index (χ3v) is 1.57. The third-order valence-electron chi connectivity index (χ3n) is 1.57. The van der Waals surface area contributed by atoms with Gasteiger partial charge in [-0.05, 0) is 13.8 Å². The summed E-state index contributed by atoms with van der Waals surface area (Å²) >= 11 is 0. The van der Waals surface area contributed by atoms with Gasteiger partial charge in [0.05, 0.1) is 0 Å². The molecule has 0 aliphatic heterocycles. The maximum atomic E-state index is 5.54. The molecule has 0 atom stereocenters. The summed E-state index contributed by atoms with van der Waals surface area (Å²) in [6.45, 7) is 4.70. The Kier molecular flexibility index (Phi) is 3.84. The molecule has 0 amide bonds. The van der Waals surface area contributed by atoms with Gasteiger partial charge in [-0.2, -0.15) is 15.0 Å². The van der Waals surface area contributed by atoms with Crippen LogP contribution in [0.25, 0.3) is 0 Å². The maximum Gasteiger partial charge on any atom is 0.227 e. The quantitative estimate of drug-likeness (QED) is 0.698. The average Bonchev–Trinajstić information content (AvgIpc) is 2.14. The fourth-order valence-electron chi connectivity index (χ4n) is 0.990. The maximum absolute atomic E-state index is 5.54. The lowest BCUT2D eigenvalue weighted by Gasteiger charge is -2.03. The van der Waals surface area contributed by atoms with Crippen molar-refractivity contribution in [2.45, 2.75) is 20.3 Å². The van der Waals surface area contributed by atoms with Crippen molar-refractivity contribution in [2.75, 3.05) is 17.6 Å². The second kappa shape index (κ2) is 5.16. The van der Waals surface area contributed by atoms with E-state index in [9.17, 15) is 0 Å². The lowest BCUT2D eigenvalue weighted by atomic mass is 10.3. The molecule has 0 fully saturated rings. The molecule has 5 heteroatoms. The first-order valence-corrected chi connectivity index (χ1v) is 4.61. The van der Waals surface area contributed by atoms with Crippen LogP contribution in [0, 0.1) is 0 Å². The Morgan fingerprint density at radius 1 is 1.36 bits per heavy atom. The predicted molar refractivity (Wildman–Crippen MR) is 56.9 cm³/mol. The molecule has 1 rings (SSSR count). The third kappa shape index (κ3) is 3.01. The van der Waals surface area contributed by atoms with Crippen molar-refractivity contribution in [3.05, 3.63) is 18.0 Å². The number of hydrogen-bond donors (Lipinski definition) is 2. The number of rotatable bonds is 4. The van der Waals surface area contributed by atoms with E-state index in [4.69, 9.17) is 5.73 Å². The first-order valence-electron chi connectivity index (χ1n) is 4.61. The van der Waals surface area contributed by atoms with Gasteiger partial charge in [0.25, 0.3) is 0 Å². The molecule has 3 N–H and O–H groups in total. The molecule has 0 radical (unpaired) electrons. The number of allylic oxidation sites excluding steroid dienone is 2. The smallest absolute Gasteiger partial charge is 0.227 e. The number of anilines is 2. The van der Waals surface area contributed by atoms with E-state index in [2.05, 4.69) is 20.3 Å². The van der Waals surface area contributed by atoms with E-state index in [-0.39, 0.29) is 5.95 Å². The molecule has 0 bridgehead atoms. The SMILES string of the molecule is CC=CCc1nc(N)nc(NCC)n1. The van der Waals surface area contributed by atoms with Crippen molar-refractivity contribution in [2.24, 2.45) is 0 Å². The Labute approximate surface area is 83.5 Å². The van der Waals surface area contributed by atoms with E-state index in [1.54, 1.807) is 0 Å². The Hall–Kier alpha value is -1.65. The number of nitrogens with one attached hydrogen (secondary N) is 1. The number of aromatic nitrogens is 3. The Balaban J connectivity index is 2.83. The summed E-state index contributed by atoms with van der Waals surface area (Å²) < 4.78 is 0. The standard InChI is InChI=1S/C9H15N5/c1-3-5-6-7-12-8(10)14-9(13-7)11-4-2/h3,5H,4,6H2,1-2H3,(H3,10,11,12,13,14). The highest BCUT2D eigenvalue weighted by Crippen LogP contribution is 2.03. The predicted octanol–water partition coefficient (Wildman–Crippen LogP) is 1.00. The first kappa shape index (κ1) is 10.4. The molecular weight excluding hydrogens is 178 g/mol. The molecule has 5 nitrogen and oxygen atoms in total. The topological polar surface area (TPSA) is 76.7 Å². The summed E-state index contributed by atoms with van der Waals surface area (Å²) in [7, 11) is 0. The second-order valence-corrected chi connectivity index (χ2v) is 2.74. The molecule has 0 aliphatic carbocycles. The number of nitrogens with two attached hydrogens (primary N) is 1. The minimum atomic E-state index is 0.260. The zero-order chi connectivity index (χ0) is 10.4. The average molecular weight is 193 g/mol. The van der Waals surface area contributed by atoms with Crippen molar-refractivity contribution in [1.82, 2.24) is 15.0 Å². The molecule has 0 saturated carbocycles. The van der Waals surface area contributed by atoms with Crippen LogP contribution in [0.2, 0.25) is 0 Å². The van der Waals surface area contributed by atoms with Crippen molar-refractivity contribution in [1.29, 1.82) is 0 Å². The normalized spacial score (nSPS) is 10.7. The minimum absolute atomic E-state index is 0.260. The highest BCUT2D eigenvalue weighted by molar-refractivity contribution is 5.31. The van der Waals surface area contributed by atoms with Gasteiger partial charge < -0.3 is 11.1 Å². The Morgan fingerprint density at radius 3 is 2.79 bits per heavy atom. The van der Waals surface area contributed by atoms with Gasteiger partial charge in [-0.1, -0.05) is 12.2 Å². The van der Waals surface area contributed by atoms with Gasteiger partial charge in [-0.25, -0.2) is 0 Å². The molecule has 76 valence electrons. The van der Waals surface area contributed by atoms with E-state index < -0.39 is 0 Å². The number of nitrogen functional groups attached to an aromatic ring is 1. The van der Waals surface area contributed by atoms with Crippen molar-refractivity contribution < 1.29 is 0 Å². The molecule has 0 aliphatic rings. The van der Waals surface area contributed by atoms with Crippen LogP contribution in [0.5, 0.6) is 0 Å². The Bertz CT molecular complexity index is 321.